The summed E-state index contributed by atoms with van der Waals surface area (Å²) in [4.78, 5) is 14.0. The summed E-state index contributed by atoms with van der Waals surface area (Å²) >= 11 is 11.7. The van der Waals surface area contributed by atoms with E-state index in [1.54, 1.807) is 4.90 Å². The normalized spacial score (nSPS) is 10.5. The van der Waals surface area contributed by atoms with Gasteiger partial charge in [0.15, 0.2) is 0 Å². The van der Waals surface area contributed by atoms with Crippen molar-refractivity contribution in [2.24, 2.45) is 0 Å². The van der Waals surface area contributed by atoms with E-state index in [1.807, 2.05) is 37.4 Å². The minimum atomic E-state index is 0.0109. The van der Waals surface area contributed by atoms with Crippen molar-refractivity contribution in [1.82, 2.24) is 4.90 Å². The summed E-state index contributed by atoms with van der Waals surface area (Å²) in [6.07, 6.45) is 0. The molecular weight excluding hydrogens is 458 g/mol. The highest BCUT2D eigenvalue weighted by Gasteiger charge is 2.17. The fraction of sp³-hybridized carbons (Fsp3) is 0.154. The third kappa shape index (κ3) is 3.90. The van der Waals surface area contributed by atoms with Gasteiger partial charge in [-0.1, -0.05) is 28.1 Å². The van der Waals surface area contributed by atoms with Gasteiger partial charge in [0.1, 0.15) is 0 Å². The Labute approximate surface area is 141 Å². The Balaban J connectivity index is 2.11. The van der Waals surface area contributed by atoms with Crippen LogP contribution in [-0.2, 0) is 6.54 Å². The van der Waals surface area contributed by atoms with Gasteiger partial charge in [-0.15, -0.1) is 11.3 Å². The minimum Gasteiger partial charge on any atom is -0.337 e. The molecule has 0 unspecified atom stereocenters. The van der Waals surface area contributed by atoms with Crippen LogP contribution >= 0.6 is 59.1 Å². The Bertz CT molecular complexity index is 594. The first kappa shape index (κ1) is 15.2. The zero-order chi connectivity index (χ0) is 14.0. The molecule has 0 aliphatic rings. The van der Waals surface area contributed by atoms with E-state index in [2.05, 4.69) is 47.8 Å². The highest BCUT2D eigenvalue weighted by atomic mass is 79.9. The smallest absolute Gasteiger partial charge is 0.255 e. The van der Waals surface area contributed by atoms with Crippen molar-refractivity contribution < 1.29 is 4.79 Å². The van der Waals surface area contributed by atoms with Gasteiger partial charge in [0.25, 0.3) is 5.91 Å². The molecule has 19 heavy (non-hydrogen) atoms. The molecule has 0 fully saturated rings. The summed E-state index contributed by atoms with van der Waals surface area (Å²) in [7, 11) is 1.81. The number of carbonyl (C=O) groups excluding carboxylic acids is 1. The highest BCUT2D eigenvalue weighted by molar-refractivity contribution is 9.12. The summed E-state index contributed by atoms with van der Waals surface area (Å²) in [5.74, 6) is 0.0109. The summed E-state index contributed by atoms with van der Waals surface area (Å²) in [5, 5.41) is 0. The summed E-state index contributed by atoms with van der Waals surface area (Å²) in [6.45, 7) is 0.589. The van der Waals surface area contributed by atoms with Crippen LogP contribution in [0.4, 0.5) is 0 Å². The topological polar surface area (TPSA) is 20.3 Å². The number of benzene rings is 1. The molecular formula is C13H10Br3NOS. The molecule has 6 heteroatoms. The number of thiophene rings is 1. The van der Waals surface area contributed by atoms with E-state index in [9.17, 15) is 4.79 Å². The van der Waals surface area contributed by atoms with Crippen molar-refractivity contribution in [3.8, 4) is 0 Å². The van der Waals surface area contributed by atoms with Gasteiger partial charge in [0.05, 0.1) is 13.1 Å². The summed E-state index contributed by atoms with van der Waals surface area (Å²) in [5.41, 5.74) is 1.79. The van der Waals surface area contributed by atoms with Crippen molar-refractivity contribution in [2.45, 2.75) is 6.54 Å². The molecule has 2 aromatic rings. The molecule has 0 atom stereocenters. The second-order valence-electron chi connectivity index (χ2n) is 4.03. The Morgan fingerprint density at radius 2 is 1.84 bits per heavy atom. The predicted molar refractivity (Wildman–Crippen MR) is 89.7 cm³/mol. The van der Waals surface area contributed by atoms with E-state index >= 15 is 0 Å². The lowest BCUT2D eigenvalue weighted by molar-refractivity contribution is 0.0785. The first-order chi connectivity index (χ1) is 8.97. The van der Waals surface area contributed by atoms with E-state index < -0.39 is 0 Å². The number of amides is 1. The SMILES string of the molecule is CN(Cc1ccc(Br)cc1)C(=O)c1cc(Br)sc1Br. The van der Waals surface area contributed by atoms with Crippen molar-refractivity contribution in [2.75, 3.05) is 7.05 Å². The van der Waals surface area contributed by atoms with Crippen LogP contribution in [-0.4, -0.2) is 17.9 Å². The Morgan fingerprint density at radius 3 is 2.37 bits per heavy atom. The predicted octanol–water partition coefficient (Wildman–Crippen LogP) is 5.31. The van der Waals surface area contributed by atoms with Gasteiger partial charge in [-0.2, -0.15) is 0 Å². The van der Waals surface area contributed by atoms with Crippen molar-refractivity contribution in [1.29, 1.82) is 0 Å². The number of nitrogens with zero attached hydrogens (tertiary/aromatic N) is 1. The number of rotatable bonds is 3. The molecule has 2 rings (SSSR count). The summed E-state index contributed by atoms with van der Waals surface area (Å²) < 4.78 is 2.83. The third-order valence-electron chi connectivity index (χ3n) is 2.57. The van der Waals surface area contributed by atoms with Crippen LogP contribution in [0.15, 0.2) is 42.4 Å². The Morgan fingerprint density at radius 1 is 1.21 bits per heavy atom. The molecule has 100 valence electrons. The first-order valence-electron chi connectivity index (χ1n) is 5.42. The van der Waals surface area contributed by atoms with Crippen LogP contribution in [0.3, 0.4) is 0 Å². The van der Waals surface area contributed by atoms with Crippen LogP contribution < -0.4 is 0 Å². The average molecular weight is 468 g/mol. The molecule has 0 saturated heterocycles. The number of halogens is 3. The maximum absolute atomic E-state index is 12.3. The van der Waals surface area contributed by atoms with Gasteiger partial charge in [-0.3, -0.25) is 4.79 Å². The van der Waals surface area contributed by atoms with Crippen LogP contribution in [0.2, 0.25) is 0 Å². The van der Waals surface area contributed by atoms with Crippen molar-refractivity contribution in [3.05, 3.63) is 53.5 Å². The van der Waals surface area contributed by atoms with Gasteiger partial charge in [-0.25, -0.2) is 0 Å². The Kier molecular flexibility index (Phi) is 5.22. The van der Waals surface area contributed by atoms with Gasteiger partial charge >= 0.3 is 0 Å². The maximum Gasteiger partial charge on any atom is 0.255 e. The molecule has 1 heterocycles. The lowest BCUT2D eigenvalue weighted by Gasteiger charge is -2.17. The van der Waals surface area contributed by atoms with Crippen LogP contribution in [0.25, 0.3) is 0 Å². The van der Waals surface area contributed by atoms with Crippen LogP contribution in [0.1, 0.15) is 15.9 Å². The second-order valence-corrected chi connectivity index (χ2v) is 8.69. The molecule has 1 aromatic heterocycles. The fourth-order valence-corrected chi connectivity index (χ4v) is 4.67. The van der Waals surface area contributed by atoms with E-state index in [0.29, 0.717) is 12.1 Å². The molecule has 0 bridgehead atoms. The lowest BCUT2D eigenvalue weighted by atomic mass is 10.2. The molecule has 0 saturated carbocycles. The fourth-order valence-electron chi connectivity index (χ4n) is 1.63. The van der Waals surface area contributed by atoms with E-state index in [1.165, 1.54) is 11.3 Å². The molecule has 0 N–H and O–H groups in total. The number of carbonyl (C=O) groups is 1. The average Bonchev–Trinajstić information content (AvgIpc) is 2.70. The second kappa shape index (κ2) is 6.52. The number of hydrogen-bond acceptors (Lipinski definition) is 2. The third-order valence-corrected chi connectivity index (χ3v) is 5.43. The largest absolute Gasteiger partial charge is 0.337 e. The molecule has 1 aromatic carbocycles. The standard InChI is InChI=1S/C13H10Br3NOS/c1-17(7-8-2-4-9(14)5-3-8)13(18)10-6-11(15)19-12(10)16/h2-6H,7H2,1H3. The first-order valence-corrected chi connectivity index (χ1v) is 8.61. The lowest BCUT2D eigenvalue weighted by Crippen LogP contribution is -2.26. The van der Waals surface area contributed by atoms with Crippen LogP contribution in [0, 0.1) is 0 Å². The zero-order valence-electron chi connectivity index (χ0n) is 9.99. The summed E-state index contributed by atoms with van der Waals surface area (Å²) in [6, 6.07) is 9.81. The number of hydrogen-bond donors (Lipinski definition) is 0. The highest BCUT2D eigenvalue weighted by Crippen LogP contribution is 2.32. The monoisotopic (exact) mass is 465 g/mol. The van der Waals surface area contributed by atoms with Crippen molar-refractivity contribution >= 4 is 65.0 Å². The molecule has 0 aliphatic carbocycles. The van der Waals surface area contributed by atoms with Gasteiger partial charge < -0.3 is 4.90 Å². The Hall–Kier alpha value is -0.170. The van der Waals surface area contributed by atoms with Gasteiger partial charge in [-0.05, 0) is 55.6 Å². The van der Waals surface area contributed by atoms with Gasteiger partial charge in [0, 0.05) is 18.1 Å². The molecule has 0 spiro atoms. The van der Waals surface area contributed by atoms with Crippen LogP contribution in [0.5, 0.6) is 0 Å². The molecule has 2 nitrogen and oxygen atoms in total. The maximum atomic E-state index is 12.3. The molecule has 0 aliphatic heterocycles. The zero-order valence-corrected chi connectivity index (χ0v) is 15.6. The van der Waals surface area contributed by atoms with E-state index in [0.717, 1.165) is 17.6 Å². The van der Waals surface area contributed by atoms with Gasteiger partial charge in [0.2, 0.25) is 0 Å². The minimum absolute atomic E-state index is 0.0109. The van der Waals surface area contributed by atoms with Crippen molar-refractivity contribution in [3.63, 3.8) is 0 Å². The van der Waals surface area contributed by atoms with E-state index in [4.69, 9.17) is 0 Å². The molecule has 1 amide bonds. The molecule has 0 radical (unpaired) electrons. The quantitative estimate of drug-likeness (QED) is 0.599. The van der Waals surface area contributed by atoms with E-state index in [-0.39, 0.29) is 5.91 Å².